The van der Waals surface area contributed by atoms with Crippen LogP contribution < -0.4 is 0 Å². The molecule has 148 valence electrons. The van der Waals surface area contributed by atoms with Crippen LogP contribution in [0, 0.1) is 6.08 Å². The minimum Gasteiger partial charge on any atom is -0.295 e. The number of nitrogens with zero attached hydrogens (tertiary/aromatic N) is 2. The van der Waals surface area contributed by atoms with Gasteiger partial charge in [0.25, 0.3) is 6.08 Å². The molecule has 4 rings (SSSR count). The second kappa shape index (κ2) is 8.29. The fourth-order valence-corrected chi connectivity index (χ4v) is 3.85. The summed E-state index contributed by atoms with van der Waals surface area (Å²) in [5.41, 5.74) is 2.13. The fraction of sp³-hybridized carbons (Fsp3) is 0.0769. The van der Waals surface area contributed by atoms with Crippen LogP contribution in [0.2, 0.25) is 0 Å². The highest BCUT2D eigenvalue weighted by Gasteiger charge is 2.40. The van der Waals surface area contributed by atoms with Gasteiger partial charge < -0.3 is 0 Å². The molecule has 0 saturated heterocycles. The highest BCUT2D eigenvalue weighted by atomic mass is 19.1. The molecule has 0 unspecified atom stereocenters. The van der Waals surface area contributed by atoms with Gasteiger partial charge in [0.2, 0.25) is 0 Å². The van der Waals surface area contributed by atoms with E-state index in [1.165, 1.54) is 19.1 Å². The molecule has 0 N–H and O–H groups in total. The summed E-state index contributed by atoms with van der Waals surface area (Å²) in [5.74, 6) is -0.120. The first-order chi connectivity index (χ1) is 14.6. The zero-order valence-corrected chi connectivity index (χ0v) is 16.6. The van der Waals surface area contributed by atoms with E-state index in [1.54, 1.807) is 10.8 Å². The molecule has 0 spiro atoms. The molecule has 3 aromatic carbocycles. The van der Waals surface area contributed by atoms with Crippen molar-refractivity contribution in [2.45, 2.75) is 12.5 Å². The van der Waals surface area contributed by atoms with E-state index in [2.05, 4.69) is 4.98 Å². The largest absolute Gasteiger partial charge is 0.295 e. The van der Waals surface area contributed by atoms with E-state index in [1.807, 2.05) is 91.0 Å². The molecule has 0 fully saturated rings. The summed E-state index contributed by atoms with van der Waals surface area (Å²) in [6.45, 7) is 1.45. The van der Waals surface area contributed by atoms with E-state index in [9.17, 15) is 4.79 Å². The summed E-state index contributed by atoms with van der Waals surface area (Å²) in [6, 6.07) is 29.4. The van der Waals surface area contributed by atoms with Gasteiger partial charge in [0.05, 0.1) is 5.69 Å². The van der Waals surface area contributed by atoms with E-state index in [4.69, 9.17) is 0 Å². The van der Waals surface area contributed by atoms with Crippen LogP contribution in [0.4, 0.5) is 4.39 Å². The number of imidazole rings is 1. The highest BCUT2D eigenvalue weighted by Crippen LogP contribution is 2.41. The van der Waals surface area contributed by atoms with Crippen LogP contribution in [0.1, 0.15) is 29.3 Å². The molecule has 0 aliphatic heterocycles. The predicted octanol–water partition coefficient (Wildman–Crippen LogP) is 5.46. The minimum atomic E-state index is -0.969. The van der Waals surface area contributed by atoms with Gasteiger partial charge in [0.1, 0.15) is 5.54 Å². The number of ketones is 1. The molecule has 1 heterocycles. The van der Waals surface area contributed by atoms with E-state index < -0.39 is 11.6 Å². The van der Waals surface area contributed by atoms with Crippen LogP contribution in [0.3, 0.4) is 0 Å². The van der Waals surface area contributed by atoms with Crippen molar-refractivity contribution in [2.75, 3.05) is 0 Å². The molecular formula is C26H21FN2O. The number of aromatic nitrogens is 2. The number of carbonyl (C=O) groups is 1. The maximum Gasteiger partial charge on any atom is 0.291 e. The molecule has 0 saturated carbocycles. The lowest BCUT2D eigenvalue weighted by Crippen LogP contribution is -2.38. The normalized spacial score (nSPS) is 11.7. The van der Waals surface area contributed by atoms with Crippen LogP contribution in [-0.2, 0) is 10.3 Å². The summed E-state index contributed by atoms with van der Waals surface area (Å²) in [6.07, 6.45) is 3.95. The Bertz CT molecular complexity index is 1070. The van der Waals surface area contributed by atoms with Crippen molar-refractivity contribution in [2.24, 2.45) is 0 Å². The number of rotatable bonds is 6. The first kappa shape index (κ1) is 19.5. The molecular weight excluding hydrogens is 375 g/mol. The quantitative estimate of drug-likeness (QED) is 0.320. The van der Waals surface area contributed by atoms with Crippen molar-refractivity contribution in [3.63, 3.8) is 0 Å². The second-order valence-electron chi connectivity index (χ2n) is 7.06. The second-order valence-corrected chi connectivity index (χ2v) is 7.06. The zero-order chi connectivity index (χ0) is 21.0. The number of allylic oxidation sites excluding steroid dienone is 1. The molecule has 4 heteroatoms. The Morgan fingerprint density at radius 2 is 1.27 bits per heavy atom. The number of hydrogen-bond acceptors (Lipinski definition) is 2. The summed E-state index contributed by atoms with van der Waals surface area (Å²) in [5, 5.41) is 0. The molecule has 0 amide bonds. The third-order valence-electron chi connectivity index (χ3n) is 5.11. The average Bonchev–Trinajstić information content (AvgIpc) is 3.16. The van der Waals surface area contributed by atoms with Gasteiger partial charge in [0, 0.05) is 6.20 Å². The molecule has 30 heavy (non-hydrogen) atoms. The minimum absolute atomic E-state index is 0.120. The lowest BCUT2D eigenvalue weighted by atomic mass is 9.76. The summed E-state index contributed by atoms with van der Waals surface area (Å²) < 4.78 is 17.0. The number of halogens is 1. The van der Waals surface area contributed by atoms with Gasteiger partial charge in [-0.2, -0.15) is 4.39 Å². The highest BCUT2D eigenvalue weighted by molar-refractivity contribution is 5.91. The molecule has 1 aromatic heterocycles. The molecule has 0 radical (unpaired) electrons. The molecule has 0 aliphatic carbocycles. The number of hydrogen-bond donors (Lipinski definition) is 0. The molecule has 0 bridgehead atoms. The van der Waals surface area contributed by atoms with Crippen molar-refractivity contribution in [3.8, 4) is 0 Å². The molecule has 4 aromatic rings. The predicted molar refractivity (Wildman–Crippen MR) is 117 cm³/mol. The lowest BCUT2D eigenvalue weighted by Gasteiger charge is -2.37. The number of benzene rings is 3. The van der Waals surface area contributed by atoms with Gasteiger partial charge >= 0.3 is 0 Å². The van der Waals surface area contributed by atoms with Crippen molar-refractivity contribution in [3.05, 3.63) is 132 Å². The number of carbonyl (C=O) groups excluding carboxylic acids is 1. The van der Waals surface area contributed by atoms with Crippen molar-refractivity contribution < 1.29 is 9.18 Å². The maximum absolute atomic E-state index is 15.4. The van der Waals surface area contributed by atoms with E-state index >= 15 is 4.39 Å². The molecule has 0 aliphatic rings. The Morgan fingerprint density at radius 3 is 1.67 bits per heavy atom. The van der Waals surface area contributed by atoms with Crippen LogP contribution in [0.15, 0.2) is 103 Å². The third-order valence-corrected chi connectivity index (χ3v) is 5.11. The lowest BCUT2D eigenvalue weighted by molar-refractivity contribution is -0.112. The van der Waals surface area contributed by atoms with E-state index in [0.717, 1.165) is 16.7 Å². The van der Waals surface area contributed by atoms with Gasteiger partial charge in [-0.1, -0.05) is 91.0 Å². The van der Waals surface area contributed by atoms with Gasteiger partial charge in [-0.15, -0.1) is 0 Å². The van der Waals surface area contributed by atoms with Crippen LogP contribution in [0.25, 0.3) is 6.08 Å². The van der Waals surface area contributed by atoms with Gasteiger partial charge in [-0.3, -0.25) is 9.36 Å². The summed E-state index contributed by atoms with van der Waals surface area (Å²) >= 11 is 0. The zero-order valence-electron chi connectivity index (χ0n) is 16.6. The maximum atomic E-state index is 15.4. The van der Waals surface area contributed by atoms with Crippen LogP contribution >= 0.6 is 0 Å². The Balaban J connectivity index is 2.08. The van der Waals surface area contributed by atoms with E-state index in [-0.39, 0.29) is 5.78 Å². The van der Waals surface area contributed by atoms with Gasteiger partial charge in [0.15, 0.2) is 5.78 Å². The van der Waals surface area contributed by atoms with Crippen LogP contribution in [-0.4, -0.2) is 15.3 Å². The standard InChI is InChI=1S/C26H21FN2O/c1-20(30)17-18-24-19-29(25(27)28-24)26(21-11-5-2-6-12-21,22-13-7-3-8-14-22)23-15-9-4-10-16-23/h2-19H,1H3. The van der Waals surface area contributed by atoms with Gasteiger partial charge in [-0.25, -0.2) is 4.98 Å². The Morgan fingerprint density at radius 1 is 0.833 bits per heavy atom. The fourth-order valence-electron chi connectivity index (χ4n) is 3.85. The van der Waals surface area contributed by atoms with Crippen molar-refractivity contribution in [1.82, 2.24) is 9.55 Å². The van der Waals surface area contributed by atoms with Crippen molar-refractivity contribution >= 4 is 11.9 Å². The van der Waals surface area contributed by atoms with Gasteiger partial charge in [-0.05, 0) is 35.8 Å². The van der Waals surface area contributed by atoms with Crippen molar-refractivity contribution in [1.29, 1.82) is 0 Å². The SMILES string of the molecule is CC(=O)C=Cc1cn(C(c2ccccc2)(c2ccccc2)c2ccccc2)c(F)n1. The Labute approximate surface area is 175 Å². The third kappa shape index (κ3) is 3.48. The average molecular weight is 396 g/mol. The molecule has 0 atom stereocenters. The summed E-state index contributed by atoms with van der Waals surface area (Å²) in [4.78, 5) is 15.4. The first-order valence-corrected chi connectivity index (χ1v) is 9.73. The van der Waals surface area contributed by atoms with Crippen LogP contribution in [0.5, 0.6) is 0 Å². The summed E-state index contributed by atoms with van der Waals surface area (Å²) in [7, 11) is 0. The Hall–Kier alpha value is -3.79. The first-order valence-electron chi connectivity index (χ1n) is 9.73. The van der Waals surface area contributed by atoms with E-state index in [0.29, 0.717) is 5.69 Å². The Kier molecular flexibility index (Phi) is 5.40. The smallest absolute Gasteiger partial charge is 0.291 e. The molecule has 3 nitrogen and oxygen atoms in total. The topological polar surface area (TPSA) is 34.9 Å². The monoisotopic (exact) mass is 396 g/mol.